The first-order valence-corrected chi connectivity index (χ1v) is 31.3. The third-order valence-corrected chi connectivity index (χ3v) is 17.7. The number of carboxylic acid groups (broad SMARTS) is 1. The second-order valence-electron chi connectivity index (χ2n) is 20.1. The van der Waals surface area contributed by atoms with Crippen LogP contribution in [0.2, 0.25) is 0 Å². The number of aromatic hydroxyl groups is 2. The molecule has 0 aromatic heterocycles. The number of fused-ring (bicyclic) bond motifs is 2. The van der Waals surface area contributed by atoms with Crippen molar-refractivity contribution < 1.29 is 77.0 Å². The van der Waals surface area contributed by atoms with E-state index in [9.17, 15) is 77.0 Å². The lowest BCUT2D eigenvalue weighted by atomic mass is 9.95. The quantitative estimate of drug-likeness (QED) is 0.0200. The fourth-order valence-electron chi connectivity index (χ4n) is 9.67. The summed E-state index contributed by atoms with van der Waals surface area (Å²) in [5, 5.41) is 47.1. The van der Waals surface area contributed by atoms with Gasteiger partial charge in [0, 0.05) is 29.9 Å². The van der Waals surface area contributed by atoms with Gasteiger partial charge in [-0.05, 0) is 132 Å². The molecule has 0 fully saturated rings. The Morgan fingerprint density at radius 3 is 1.12 bits per heavy atom. The Morgan fingerprint density at radius 2 is 0.776 bits per heavy atom. The van der Waals surface area contributed by atoms with E-state index in [4.69, 9.17) is 11.5 Å². The van der Waals surface area contributed by atoms with Gasteiger partial charge in [-0.15, -0.1) is 10.2 Å². The summed E-state index contributed by atoms with van der Waals surface area (Å²) >= 11 is 0. The minimum atomic E-state index is -5.11. The molecule has 0 radical (unpaired) electrons. The van der Waals surface area contributed by atoms with Crippen molar-refractivity contribution in [1.29, 1.82) is 0 Å². The molecule has 0 heterocycles. The summed E-state index contributed by atoms with van der Waals surface area (Å²) in [4.78, 5) is 36.8. The molecule has 8 rings (SSSR count). The molecular weight excluding hydrogens is 1180 g/mol. The van der Waals surface area contributed by atoms with Gasteiger partial charge < -0.3 is 26.8 Å². The molecule has 8 aromatic rings. The van der Waals surface area contributed by atoms with Gasteiger partial charge in [-0.25, -0.2) is 8.42 Å². The maximum atomic E-state index is 13.5. The Bertz CT molecular complexity index is 4420. The lowest BCUT2D eigenvalue weighted by Gasteiger charge is -2.19. The van der Waals surface area contributed by atoms with Crippen LogP contribution in [-0.4, -0.2) is 111 Å². The number of anilines is 2. The van der Waals surface area contributed by atoms with Gasteiger partial charge in [0.15, 0.2) is 32.9 Å². The van der Waals surface area contributed by atoms with E-state index in [0.717, 1.165) is 51.8 Å². The number of aliphatic carboxylic acids is 1. The molecule has 10 N–H and O–H groups in total. The molecule has 28 heteroatoms. The van der Waals surface area contributed by atoms with E-state index in [0.29, 0.717) is 39.7 Å². The third kappa shape index (κ3) is 13.7. The number of carbonyl (C=O) groups excluding carboxylic acids is 2. The van der Waals surface area contributed by atoms with Crippen molar-refractivity contribution in [2.24, 2.45) is 20.5 Å². The Morgan fingerprint density at radius 1 is 0.447 bits per heavy atom. The first-order valence-electron chi connectivity index (χ1n) is 25.1. The zero-order chi connectivity index (χ0) is 62.4. The number of nitrogens with two attached hydrogens (primary N) is 2. The van der Waals surface area contributed by atoms with E-state index in [1.807, 2.05) is 38.1 Å². The van der Waals surface area contributed by atoms with Gasteiger partial charge in [0.2, 0.25) is 0 Å². The number of azo groups is 2. The minimum Gasteiger partial charge on any atom is -0.505 e. The fourth-order valence-corrected chi connectivity index (χ4v) is 12.7. The predicted molar refractivity (Wildman–Crippen MR) is 315 cm³/mol. The van der Waals surface area contributed by atoms with Gasteiger partial charge in [-0.2, -0.15) is 35.5 Å². The van der Waals surface area contributed by atoms with E-state index < -0.39 is 101 Å². The third-order valence-electron chi connectivity index (χ3n) is 13.9. The number of phenols is 2. The van der Waals surface area contributed by atoms with Crippen LogP contribution in [0.25, 0.3) is 43.8 Å². The van der Waals surface area contributed by atoms with Crippen molar-refractivity contribution in [3.63, 3.8) is 0 Å². The maximum Gasteiger partial charge on any atom is 0.317 e. The molecule has 0 unspecified atom stereocenters. The summed E-state index contributed by atoms with van der Waals surface area (Å²) < 4.78 is 127. The zero-order valence-corrected chi connectivity index (χ0v) is 48.9. The van der Waals surface area contributed by atoms with E-state index in [-0.39, 0.29) is 65.0 Å². The Balaban J connectivity index is 0.900. The van der Waals surface area contributed by atoms with Crippen LogP contribution in [-0.2, 0) is 67.4 Å². The number of rotatable bonds is 20. The van der Waals surface area contributed by atoms with E-state index in [1.54, 1.807) is 62.4 Å². The average molecular weight is 1240 g/mol. The molecule has 442 valence electrons. The van der Waals surface area contributed by atoms with E-state index >= 15 is 0 Å². The second kappa shape index (κ2) is 23.6. The number of nitrogen functional groups attached to an aromatic ring is 2. The predicted octanol–water partition coefficient (Wildman–Crippen LogP) is 9.42. The summed E-state index contributed by atoms with van der Waals surface area (Å²) in [6.07, 6.45) is 0.689. The average Bonchev–Trinajstić information content (AvgIpc) is 1.26. The lowest BCUT2D eigenvalue weighted by Crippen LogP contribution is -2.39. The fraction of sp³-hybridized carbons (Fsp3) is 0.175. The summed E-state index contributed by atoms with van der Waals surface area (Å²) in [6.45, 7) is 5.95. The SMILES string of the molecule is Cc1cc(-c2ccc(N=Nc3ccc4c(S(=O)(=O)O)cc(S(C)(=O)=O)c(N)c4c3O)c(C)c2)ccc1CC(=O)CN(CC(=O)O)CC(=O)Cc1ccc(-c2ccc(N=Nc3ccc4c(S(=O)(=O)O)cc(S(=O)(=O)O)c(N)c4c3O)c(C)c2)cc1C. The largest absolute Gasteiger partial charge is 0.505 e. The molecule has 24 nitrogen and oxygen atoms in total. The molecule has 0 aliphatic heterocycles. The van der Waals surface area contributed by atoms with Crippen molar-refractivity contribution in [2.75, 3.05) is 37.4 Å². The Kier molecular flexibility index (Phi) is 17.3. The van der Waals surface area contributed by atoms with Gasteiger partial charge in [-0.3, -0.25) is 32.9 Å². The van der Waals surface area contributed by atoms with Crippen molar-refractivity contribution in [2.45, 2.75) is 60.1 Å². The van der Waals surface area contributed by atoms with Crippen LogP contribution < -0.4 is 11.5 Å². The molecule has 0 bridgehead atoms. The van der Waals surface area contributed by atoms with Gasteiger partial charge >= 0.3 is 5.97 Å². The smallest absolute Gasteiger partial charge is 0.317 e. The number of sulfone groups is 1. The Labute approximate surface area is 487 Å². The number of ketones is 2. The molecular formula is C57H53N7O17S4. The molecule has 0 atom stereocenters. The summed E-state index contributed by atoms with van der Waals surface area (Å²) in [5.41, 5.74) is 18.4. The number of Topliss-reactive ketones (excluding diaryl/α,β-unsaturated/α-hetero) is 2. The standard InChI is InChI=1S/C57H53N7O17S4/c1-29-18-35(37-10-14-43(31(3)20-37)60-62-45-16-12-41-47(83(73,74)75)24-49(82(5,71)72)54(58)52(41)56(45)69)8-6-33(29)22-39(65)26-64(28-51(67)68)27-40(66)23-34-7-9-36(19-30(34)2)38-11-15-44(32(4)21-38)61-63-46-17-13-42-48(84(76,77)78)25-50(85(79,80)81)55(59)53(42)57(46)70/h6-21,24-25,69-70H,22-23,26-28,58-59H2,1-5H3,(H,67,68)(H,73,74,75)(H,76,77,78)(H,79,80,81). The highest BCUT2D eigenvalue weighted by molar-refractivity contribution is 7.91. The van der Waals surface area contributed by atoms with Crippen LogP contribution in [0, 0.1) is 27.7 Å². The van der Waals surface area contributed by atoms with Crippen LogP contribution in [0.1, 0.15) is 33.4 Å². The Hall–Kier alpha value is -8.87. The molecule has 0 aliphatic carbocycles. The van der Waals surface area contributed by atoms with Crippen molar-refractivity contribution in [3.8, 4) is 33.8 Å². The van der Waals surface area contributed by atoms with Crippen LogP contribution in [0.5, 0.6) is 11.5 Å². The highest BCUT2D eigenvalue weighted by Crippen LogP contribution is 2.46. The van der Waals surface area contributed by atoms with Gasteiger partial charge in [0.1, 0.15) is 26.1 Å². The number of hydrogen-bond donors (Lipinski definition) is 8. The molecule has 8 aromatic carbocycles. The van der Waals surface area contributed by atoms with Crippen molar-refractivity contribution in [3.05, 3.63) is 143 Å². The number of benzene rings is 8. The van der Waals surface area contributed by atoms with Crippen molar-refractivity contribution >= 4 is 113 Å². The molecule has 0 saturated heterocycles. The van der Waals surface area contributed by atoms with Crippen LogP contribution >= 0.6 is 0 Å². The molecule has 0 aliphatic rings. The second-order valence-corrected chi connectivity index (χ2v) is 26.3. The lowest BCUT2D eigenvalue weighted by molar-refractivity contribution is -0.139. The number of aryl methyl sites for hydroxylation is 4. The van der Waals surface area contributed by atoms with Crippen molar-refractivity contribution in [1.82, 2.24) is 4.90 Å². The first kappa shape index (κ1) is 62.2. The molecule has 0 saturated carbocycles. The van der Waals surface area contributed by atoms with Crippen LogP contribution in [0.3, 0.4) is 0 Å². The molecule has 0 spiro atoms. The van der Waals surface area contributed by atoms with Crippen LogP contribution in [0.15, 0.2) is 149 Å². The first-order chi connectivity index (χ1) is 39.6. The summed E-state index contributed by atoms with van der Waals surface area (Å²) in [7, 11) is -19.2. The minimum absolute atomic E-state index is 0.0480. The normalized spacial score (nSPS) is 12.5. The van der Waals surface area contributed by atoms with Gasteiger partial charge in [0.05, 0.1) is 58.1 Å². The molecule has 0 amide bonds. The summed E-state index contributed by atoms with van der Waals surface area (Å²) in [5.74, 6) is -3.32. The van der Waals surface area contributed by atoms with Crippen LogP contribution in [0.4, 0.5) is 34.1 Å². The van der Waals surface area contributed by atoms with E-state index in [2.05, 4.69) is 20.5 Å². The zero-order valence-electron chi connectivity index (χ0n) is 45.6. The maximum absolute atomic E-state index is 13.5. The highest BCUT2D eigenvalue weighted by atomic mass is 32.2. The topological polar surface area (TPSA) is 414 Å². The molecule has 85 heavy (non-hydrogen) atoms. The number of nitrogens with zero attached hydrogens (tertiary/aromatic N) is 5. The van der Waals surface area contributed by atoms with Gasteiger partial charge in [-0.1, -0.05) is 60.7 Å². The number of hydrogen-bond acceptors (Lipinski definition) is 20. The number of carboxylic acids is 1. The number of carbonyl (C=O) groups is 3. The van der Waals surface area contributed by atoms with Gasteiger partial charge in [0.25, 0.3) is 30.4 Å². The van der Waals surface area contributed by atoms with E-state index in [1.165, 1.54) is 23.1 Å². The summed E-state index contributed by atoms with van der Waals surface area (Å²) in [6, 6.07) is 27.3. The highest BCUT2D eigenvalue weighted by Gasteiger charge is 2.29. The monoisotopic (exact) mass is 1240 g/mol. The number of phenolic OH excluding ortho intramolecular Hbond substituents is 2.